The van der Waals surface area contributed by atoms with Crippen molar-refractivity contribution in [1.82, 2.24) is 4.57 Å². The number of carbonyl (C=O) groups excluding carboxylic acids is 1. The number of hydrogen-bond donors (Lipinski definition) is 0. The predicted octanol–water partition coefficient (Wildman–Crippen LogP) is 2.37. The topological polar surface area (TPSA) is 77.7 Å². The van der Waals surface area contributed by atoms with Gasteiger partial charge in [0.1, 0.15) is 16.6 Å². The second-order valence-corrected chi connectivity index (χ2v) is 8.45. The maximum atomic E-state index is 13.4. The number of benzene rings is 1. The number of methoxy groups -OCH3 is 1. The summed E-state index contributed by atoms with van der Waals surface area (Å²) in [6.45, 7) is -0.221. The lowest BCUT2D eigenvalue weighted by atomic mass is 10.3. The van der Waals surface area contributed by atoms with E-state index in [1.54, 1.807) is 11.4 Å². The fraction of sp³-hybridized carbons (Fsp3) is 0.143. The molecular formula is C14H11FN2O4S3. The molecule has 0 saturated carbocycles. The molecule has 2 heterocycles. The van der Waals surface area contributed by atoms with Gasteiger partial charge in [0.2, 0.25) is 4.80 Å². The van der Waals surface area contributed by atoms with Crippen molar-refractivity contribution in [2.24, 2.45) is 4.40 Å². The van der Waals surface area contributed by atoms with Crippen LogP contribution in [-0.2, 0) is 26.1 Å². The largest absolute Gasteiger partial charge is 0.468 e. The van der Waals surface area contributed by atoms with Gasteiger partial charge < -0.3 is 9.30 Å². The maximum Gasteiger partial charge on any atom is 0.325 e. The summed E-state index contributed by atoms with van der Waals surface area (Å²) in [5.74, 6) is -1.02. The summed E-state index contributed by atoms with van der Waals surface area (Å²) in [5.41, 5.74) is 0.506. The molecule has 0 amide bonds. The molecule has 0 aliphatic rings. The number of fused-ring (bicyclic) bond motifs is 1. The van der Waals surface area contributed by atoms with Gasteiger partial charge in [0.15, 0.2) is 0 Å². The molecule has 126 valence electrons. The minimum absolute atomic E-state index is 0.0781. The van der Waals surface area contributed by atoms with Crippen molar-refractivity contribution in [1.29, 1.82) is 0 Å². The monoisotopic (exact) mass is 386 g/mol. The molecule has 0 spiro atoms. The molecule has 3 aromatic rings. The van der Waals surface area contributed by atoms with Crippen LogP contribution in [0, 0.1) is 5.82 Å². The summed E-state index contributed by atoms with van der Waals surface area (Å²) in [6, 6.07) is 7.03. The Balaban J connectivity index is 2.24. The molecule has 0 bridgehead atoms. The van der Waals surface area contributed by atoms with Crippen LogP contribution in [0.4, 0.5) is 4.39 Å². The number of ether oxygens (including phenoxy) is 1. The minimum Gasteiger partial charge on any atom is -0.468 e. The van der Waals surface area contributed by atoms with Crippen LogP contribution >= 0.6 is 22.7 Å². The number of nitrogens with zero attached hydrogens (tertiary/aromatic N) is 2. The smallest absolute Gasteiger partial charge is 0.325 e. The van der Waals surface area contributed by atoms with Gasteiger partial charge in [0.25, 0.3) is 10.0 Å². The third kappa shape index (κ3) is 3.25. The van der Waals surface area contributed by atoms with Crippen LogP contribution in [0.3, 0.4) is 0 Å². The van der Waals surface area contributed by atoms with E-state index >= 15 is 0 Å². The minimum atomic E-state index is -3.91. The molecule has 0 fully saturated rings. The Labute approximate surface area is 144 Å². The number of aromatic nitrogens is 1. The van der Waals surface area contributed by atoms with Crippen LogP contribution in [0.25, 0.3) is 10.2 Å². The van der Waals surface area contributed by atoms with Crippen molar-refractivity contribution in [3.8, 4) is 0 Å². The van der Waals surface area contributed by atoms with Crippen LogP contribution in [0.2, 0.25) is 0 Å². The van der Waals surface area contributed by atoms with Gasteiger partial charge in [-0.15, -0.1) is 15.7 Å². The van der Waals surface area contributed by atoms with E-state index in [0.717, 1.165) is 22.7 Å². The van der Waals surface area contributed by atoms with Gasteiger partial charge in [0.05, 0.1) is 17.3 Å². The zero-order valence-corrected chi connectivity index (χ0v) is 14.8. The molecule has 24 heavy (non-hydrogen) atoms. The van der Waals surface area contributed by atoms with Crippen LogP contribution in [-0.4, -0.2) is 26.1 Å². The zero-order valence-electron chi connectivity index (χ0n) is 12.3. The Morgan fingerprint density at radius 2 is 2.17 bits per heavy atom. The Bertz CT molecular complexity index is 1070. The highest BCUT2D eigenvalue weighted by Crippen LogP contribution is 2.21. The lowest BCUT2D eigenvalue weighted by Crippen LogP contribution is -2.22. The van der Waals surface area contributed by atoms with Crippen molar-refractivity contribution in [2.75, 3.05) is 7.11 Å². The second-order valence-electron chi connectivity index (χ2n) is 4.66. The van der Waals surface area contributed by atoms with Crippen LogP contribution in [0.5, 0.6) is 0 Å². The fourth-order valence-electron chi connectivity index (χ4n) is 2.02. The first kappa shape index (κ1) is 16.8. The average Bonchev–Trinajstić information content (AvgIpc) is 3.16. The number of thiophene rings is 1. The van der Waals surface area contributed by atoms with E-state index in [0.29, 0.717) is 10.2 Å². The van der Waals surface area contributed by atoms with Gasteiger partial charge in [-0.1, -0.05) is 17.4 Å². The first-order valence-electron chi connectivity index (χ1n) is 6.61. The number of thiazole rings is 1. The molecule has 0 radical (unpaired) electrons. The zero-order chi connectivity index (χ0) is 17.3. The summed E-state index contributed by atoms with van der Waals surface area (Å²) in [5, 5.41) is 1.63. The third-order valence-corrected chi connectivity index (χ3v) is 6.90. The van der Waals surface area contributed by atoms with Gasteiger partial charge in [-0.05, 0) is 29.6 Å². The summed E-state index contributed by atoms with van der Waals surface area (Å²) in [4.78, 5) is 11.7. The average molecular weight is 386 g/mol. The lowest BCUT2D eigenvalue weighted by Gasteiger charge is -2.03. The molecule has 0 atom stereocenters. The third-order valence-electron chi connectivity index (χ3n) is 3.11. The van der Waals surface area contributed by atoms with E-state index in [4.69, 9.17) is 0 Å². The molecule has 2 aromatic heterocycles. The molecule has 0 N–H and O–H groups in total. The highest BCUT2D eigenvalue weighted by molar-refractivity contribution is 7.92. The number of hydrogen-bond acceptors (Lipinski definition) is 6. The molecule has 0 unspecified atom stereocenters. The molecule has 1 aromatic carbocycles. The first-order valence-corrected chi connectivity index (χ1v) is 9.74. The maximum absolute atomic E-state index is 13.4. The van der Waals surface area contributed by atoms with Crippen LogP contribution in [0.15, 0.2) is 44.3 Å². The number of esters is 1. The van der Waals surface area contributed by atoms with Gasteiger partial charge in [0, 0.05) is 0 Å². The van der Waals surface area contributed by atoms with Crippen LogP contribution in [0.1, 0.15) is 0 Å². The van der Waals surface area contributed by atoms with E-state index in [1.165, 1.54) is 35.9 Å². The van der Waals surface area contributed by atoms with E-state index < -0.39 is 21.8 Å². The molecule has 3 rings (SSSR count). The van der Waals surface area contributed by atoms with Crippen molar-refractivity contribution < 1.29 is 22.3 Å². The fourth-order valence-corrected chi connectivity index (χ4v) is 5.25. The number of sulfonamides is 1. The van der Waals surface area contributed by atoms with E-state index in [9.17, 15) is 17.6 Å². The summed E-state index contributed by atoms with van der Waals surface area (Å²) >= 11 is 2.03. The highest BCUT2D eigenvalue weighted by Gasteiger charge is 2.17. The van der Waals surface area contributed by atoms with E-state index in [-0.39, 0.29) is 15.6 Å². The Hall–Kier alpha value is -2.04. The van der Waals surface area contributed by atoms with Gasteiger partial charge >= 0.3 is 5.97 Å². The highest BCUT2D eigenvalue weighted by atomic mass is 32.2. The molecule has 0 saturated heterocycles. The summed E-state index contributed by atoms with van der Waals surface area (Å²) in [6.07, 6.45) is 0. The lowest BCUT2D eigenvalue weighted by molar-refractivity contribution is -0.141. The van der Waals surface area contributed by atoms with Crippen molar-refractivity contribution >= 4 is 48.9 Å². The van der Waals surface area contributed by atoms with Gasteiger partial charge in [-0.2, -0.15) is 8.42 Å². The summed E-state index contributed by atoms with van der Waals surface area (Å²) in [7, 11) is -2.67. The van der Waals surface area contributed by atoms with E-state index in [2.05, 4.69) is 9.13 Å². The molecule has 6 nitrogen and oxygen atoms in total. The Morgan fingerprint density at radius 1 is 1.38 bits per heavy atom. The number of halogens is 1. The van der Waals surface area contributed by atoms with Crippen molar-refractivity contribution in [2.45, 2.75) is 10.8 Å². The standard InChI is InChI=1S/C14H11FN2O4S3/c1-21-12(18)8-17-10-5-4-9(15)7-11(10)23-14(17)16-24(19,20)13-3-2-6-22-13/h2-7H,8H2,1H3. The molecule has 10 heteroatoms. The van der Waals surface area contributed by atoms with Crippen LogP contribution < -0.4 is 4.80 Å². The second kappa shape index (κ2) is 6.46. The molecular weight excluding hydrogens is 375 g/mol. The first-order chi connectivity index (χ1) is 11.4. The van der Waals surface area contributed by atoms with Crippen molar-refractivity contribution in [3.05, 3.63) is 46.3 Å². The SMILES string of the molecule is COC(=O)Cn1c(=NS(=O)(=O)c2cccs2)sc2cc(F)ccc21. The quantitative estimate of drug-likeness (QED) is 0.645. The molecule has 0 aliphatic carbocycles. The Morgan fingerprint density at radius 3 is 2.83 bits per heavy atom. The van der Waals surface area contributed by atoms with Crippen molar-refractivity contribution in [3.63, 3.8) is 0 Å². The van der Waals surface area contributed by atoms with E-state index in [1.807, 2.05) is 0 Å². The number of carbonyl (C=O) groups is 1. The summed E-state index contributed by atoms with van der Waals surface area (Å²) < 4.78 is 48.6. The molecule has 0 aliphatic heterocycles. The van der Waals surface area contributed by atoms with Gasteiger partial charge in [-0.25, -0.2) is 4.39 Å². The predicted molar refractivity (Wildman–Crippen MR) is 88.9 cm³/mol. The number of rotatable bonds is 4. The van der Waals surface area contributed by atoms with Gasteiger partial charge in [-0.3, -0.25) is 4.79 Å². The normalized spacial score (nSPS) is 12.7. The Kier molecular flexibility index (Phi) is 4.52.